The molecule has 7 atom stereocenters. The first-order valence-corrected chi connectivity index (χ1v) is 22.4. The first-order valence-electron chi connectivity index (χ1n) is 22.4. The summed E-state index contributed by atoms with van der Waals surface area (Å²) in [6.07, 6.45) is 11.5. The van der Waals surface area contributed by atoms with E-state index in [2.05, 4.69) is 18.7 Å². The molecule has 2 aliphatic heterocycles. The number of carbonyl (C=O) groups excluding carboxylic acids is 1. The predicted octanol–water partition coefficient (Wildman–Crippen LogP) is 8.99. The number of nitriles is 1. The van der Waals surface area contributed by atoms with Crippen LogP contribution in [-0.2, 0) is 20.9 Å². The van der Waals surface area contributed by atoms with Gasteiger partial charge in [-0.3, -0.25) is 4.79 Å². The standard InChI is InChI=1S/C50H60FN3O8/c1-3-24-54(49(57)35-20-18-34(32-52)19-21-35)45-31-43(53-62-46-17-9-12-28-58-46)40-29-36(13-7-10-25-55)39(15-8-11-26-56)47-41-30-38(59-33-37-14-5-6-16-42(37)51)22-23-44(41)61-50(45,48(40)47)60-27-4-2/h4-6,14,16,18-23,29-30,36,39,45-48,55-56H,2-3,7-13,15,17,24-28,31,33H2,1H3. The van der Waals surface area contributed by atoms with Gasteiger partial charge in [0.15, 0.2) is 0 Å². The second-order valence-corrected chi connectivity index (χ2v) is 16.7. The van der Waals surface area contributed by atoms with Crippen molar-refractivity contribution in [1.29, 1.82) is 5.26 Å². The van der Waals surface area contributed by atoms with E-state index in [1.165, 1.54) is 6.07 Å². The van der Waals surface area contributed by atoms with Crippen molar-refractivity contribution in [2.24, 2.45) is 22.9 Å². The van der Waals surface area contributed by atoms with E-state index in [0.29, 0.717) is 72.7 Å². The Bertz CT molecular complexity index is 2100. The van der Waals surface area contributed by atoms with Gasteiger partial charge in [0.25, 0.3) is 5.91 Å². The number of unbranched alkanes of at least 4 members (excludes halogenated alkanes) is 2. The molecule has 3 aromatic rings. The molecular weight excluding hydrogens is 790 g/mol. The lowest BCUT2D eigenvalue weighted by molar-refractivity contribution is -0.254. The molecule has 3 aromatic carbocycles. The van der Waals surface area contributed by atoms with E-state index >= 15 is 0 Å². The monoisotopic (exact) mass is 849 g/mol. The summed E-state index contributed by atoms with van der Waals surface area (Å²) in [5.41, 5.74) is 3.83. The summed E-state index contributed by atoms with van der Waals surface area (Å²) >= 11 is 0. The SMILES string of the molecule is C=CCOC12Oc3ccc(OCc4ccccc4F)cc3C3C(CCCCO)C(CCCCO)C=C(C(=NOC4CCCCO4)CC1N(CCC)C(=O)c1ccc(C#N)cc1)C32. The first kappa shape index (κ1) is 45.0. The second-order valence-electron chi connectivity index (χ2n) is 16.7. The van der Waals surface area contributed by atoms with Gasteiger partial charge in [0.1, 0.15) is 30.0 Å². The molecule has 2 N–H and O–H groups in total. The van der Waals surface area contributed by atoms with E-state index in [1.807, 2.05) is 30.0 Å². The van der Waals surface area contributed by atoms with Crippen molar-refractivity contribution in [2.75, 3.05) is 33.0 Å². The Morgan fingerprint density at radius 2 is 1.85 bits per heavy atom. The van der Waals surface area contributed by atoms with Crippen LogP contribution in [0, 0.1) is 34.9 Å². The summed E-state index contributed by atoms with van der Waals surface area (Å²) in [4.78, 5) is 23.0. The fraction of sp³-hybridized carbons (Fsp3) is 0.500. The number of fused-ring (bicyclic) bond motifs is 2. The fourth-order valence-electron chi connectivity index (χ4n) is 9.92. The zero-order valence-electron chi connectivity index (χ0n) is 35.8. The zero-order valence-corrected chi connectivity index (χ0v) is 35.8. The number of halogens is 1. The maximum Gasteiger partial charge on any atom is 0.254 e. The number of rotatable bonds is 20. The van der Waals surface area contributed by atoms with E-state index in [4.69, 9.17) is 28.9 Å². The Balaban J connectivity index is 1.43. The van der Waals surface area contributed by atoms with Crippen molar-refractivity contribution in [1.82, 2.24) is 4.90 Å². The molecule has 0 radical (unpaired) electrons. The number of aliphatic hydroxyl groups is 2. The van der Waals surface area contributed by atoms with Gasteiger partial charge < -0.3 is 38.9 Å². The molecule has 0 aromatic heterocycles. The molecule has 1 saturated carbocycles. The number of hydrogen-bond acceptors (Lipinski definition) is 10. The number of carbonyl (C=O) groups is 1. The summed E-state index contributed by atoms with van der Waals surface area (Å²) in [7, 11) is 0. The second kappa shape index (κ2) is 21.3. The zero-order chi connectivity index (χ0) is 43.5. The number of nitrogens with zero attached hydrogens (tertiary/aromatic N) is 3. The van der Waals surface area contributed by atoms with Crippen LogP contribution in [0.25, 0.3) is 0 Å². The number of aliphatic hydroxyl groups excluding tert-OH is 2. The Morgan fingerprint density at radius 1 is 1.06 bits per heavy atom. The molecule has 2 fully saturated rings. The van der Waals surface area contributed by atoms with Crippen molar-refractivity contribution in [3.05, 3.63) is 119 Å². The third-order valence-corrected chi connectivity index (χ3v) is 12.8. The Hall–Kier alpha value is -5.06. The van der Waals surface area contributed by atoms with Crippen molar-refractivity contribution >= 4 is 11.6 Å². The Morgan fingerprint density at radius 3 is 2.56 bits per heavy atom. The van der Waals surface area contributed by atoms with Crippen molar-refractivity contribution < 1.29 is 43.2 Å². The van der Waals surface area contributed by atoms with Gasteiger partial charge in [0.05, 0.1) is 36.5 Å². The van der Waals surface area contributed by atoms with Gasteiger partial charge in [-0.05, 0) is 111 Å². The third kappa shape index (κ3) is 9.77. The highest BCUT2D eigenvalue weighted by Crippen LogP contribution is 2.62. The fourth-order valence-corrected chi connectivity index (χ4v) is 9.92. The molecule has 11 nitrogen and oxygen atoms in total. The average molecular weight is 850 g/mol. The molecule has 0 spiro atoms. The molecule has 7 unspecified atom stereocenters. The van der Waals surface area contributed by atoms with Crippen LogP contribution in [0.3, 0.4) is 0 Å². The number of hydrogen-bond donors (Lipinski definition) is 2. The van der Waals surface area contributed by atoms with Gasteiger partial charge in [-0.1, -0.05) is 55.3 Å². The molecule has 7 rings (SSSR count). The molecule has 1 amide bonds. The molecule has 1 saturated heterocycles. The van der Waals surface area contributed by atoms with E-state index in [0.717, 1.165) is 49.7 Å². The molecule has 4 aliphatic rings. The highest BCUT2D eigenvalue weighted by molar-refractivity contribution is 6.03. The van der Waals surface area contributed by atoms with Crippen LogP contribution in [0.5, 0.6) is 11.5 Å². The molecule has 330 valence electrons. The minimum absolute atomic E-state index is 0.0154. The quantitative estimate of drug-likeness (QED) is 0.0647. The van der Waals surface area contributed by atoms with Crippen molar-refractivity contribution in [3.63, 3.8) is 0 Å². The molecule has 62 heavy (non-hydrogen) atoms. The average Bonchev–Trinajstić information content (AvgIpc) is 3.30. The predicted molar refractivity (Wildman–Crippen MR) is 233 cm³/mol. The van der Waals surface area contributed by atoms with Crippen molar-refractivity contribution in [2.45, 2.75) is 108 Å². The number of oxime groups is 1. The Labute approximate surface area is 364 Å². The van der Waals surface area contributed by atoms with Crippen LogP contribution in [0.1, 0.15) is 111 Å². The minimum Gasteiger partial charge on any atom is -0.489 e. The van der Waals surface area contributed by atoms with Crippen molar-refractivity contribution in [3.8, 4) is 17.6 Å². The van der Waals surface area contributed by atoms with Gasteiger partial charge >= 0.3 is 0 Å². The highest BCUT2D eigenvalue weighted by Gasteiger charge is 2.65. The minimum atomic E-state index is -1.43. The van der Waals surface area contributed by atoms with Gasteiger partial charge in [-0.25, -0.2) is 4.39 Å². The summed E-state index contributed by atoms with van der Waals surface area (Å²) in [5, 5.41) is 34.4. The molecule has 12 heteroatoms. The summed E-state index contributed by atoms with van der Waals surface area (Å²) in [6.45, 7) is 7.34. The van der Waals surface area contributed by atoms with Crippen LogP contribution < -0.4 is 9.47 Å². The van der Waals surface area contributed by atoms with Crippen LogP contribution in [-0.4, -0.2) is 77.8 Å². The lowest BCUT2D eigenvalue weighted by atomic mass is 9.55. The van der Waals surface area contributed by atoms with Crippen LogP contribution in [0.4, 0.5) is 4.39 Å². The maximum atomic E-state index is 14.9. The summed E-state index contributed by atoms with van der Waals surface area (Å²) in [6, 6.07) is 20.4. The van der Waals surface area contributed by atoms with E-state index in [1.54, 1.807) is 48.5 Å². The normalized spacial score (nSPS) is 25.7. The van der Waals surface area contributed by atoms with Crippen LogP contribution in [0.15, 0.2) is 96.2 Å². The molecule has 2 heterocycles. The maximum absolute atomic E-state index is 14.9. The van der Waals surface area contributed by atoms with Crippen LogP contribution >= 0.6 is 0 Å². The van der Waals surface area contributed by atoms with E-state index < -0.39 is 24.0 Å². The Kier molecular flexibility index (Phi) is 15.5. The van der Waals surface area contributed by atoms with E-state index in [9.17, 15) is 24.7 Å². The van der Waals surface area contributed by atoms with Gasteiger partial charge in [0, 0.05) is 55.2 Å². The van der Waals surface area contributed by atoms with Gasteiger partial charge in [0.2, 0.25) is 12.1 Å². The first-order chi connectivity index (χ1) is 30.3. The topological polar surface area (TPSA) is 143 Å². The lowest BCUT2D eigenvalue weighted by Gasteiger charge is -2.60. The molecular formula is C50H60FN3O8. The number of ether oxygens (including phenoxy) is 4. The third-order valence-electron chi connectivity index (χ3n) is 12.8. The smallest absolute Gasteiger partial charge is 0.254 e. The van der Waals surface area contributed by atoms with Gasteiger partial charge in [-0.2, -0.15) is 5.26 Å². The summed E-state index contributed by atoms with van der Waals surface area (Å²) in [5.74, 6) is -1.57. The lowest BCUT2D eigenvalue weighted by Crippen LogP contribution is -2.70. The number of benzene rings is 3. The van der Waals surface area contributed by atoms with Gasteiger partial charge in [-0.15, -0.1) is 6.58 Å². The largest absolute Gasteiger partial charge is 0.489 e. The number of allylic oxidation sites excluding steroid dienone is 1. The van der Waals surface area contributed by atoms with E-state index in [-0.39, 0.29) is 62.3 Å². The summed E-state index contributed by atoms with van der Waals surface area (Å²) < 4.78 is 41.5. The molecule has 0 bridgehead atoms. The highest BCUT2D eigenvalue weighted by atomic mass is 19.1. The number of amides is 1. The molecule has 2 aliphatic carbocycles. The van der Waals surface area contributed by atoms with Crippen LogP contribution in [0.2, 0.25) is 0 Å².